The molecule has 5 nitrogen and oxygen atoms in total. The zero-order chi connectivity index (χ0) is 16.7. The molecule has 0 aliphatic rings. The highest BCUT2D eigenvalue weighted by molar-refractivity contribution is 5.87. The summed E-state index contributed by atoms with van der Waals surface area (Å²) in [6.45, 7) is 9.59. The van der Waals surface area contributed by atoms with Gasteiger partial charge in [-0.15, -0.1) is 0 Å². The van der Waals surface area contributed by atoms with Crippen LogP contribution in [0.2, 0.25) is 0 Å². The number of hydrogen-bond acceptors (Lipinski definition) is 4. The third-order valence-corrected chi connectivity index (χ3v) is 3.50. The van der Waals surface area contributed by atoms with E-state index >= 15 is 0 Å². The maximum atomic E-state index is 5.82. The van der Waals surface area contributed by atoms with E-state index in [-0.39, 0.29) is 0 Å². The van der Waals surface area contributed by atoms with Crippen LogP contribution in [0.15, 0.2) is 48.7 Å². The lowest BCUT2D eigenvalue weighted by Gasteiger charge is -2.11. The molecule has 2 aromatic rings. The van der Waals surface area contributed by atoms with Gasteiger partial charge in [0.25, 0.3) is 0 Å². The van der Waals surface area contributed by atoms with Gasteiger partial charge in [-0.05, 0) is 19.4 Å². The fourth-order valence-electron chi connectivity index (χ4n) is 2.38. The number of unbranched alkanes of at least 4 members (excludes halogenated alkanes) is 1. The van der Waals surface area contributed by atoms with Crippen LogP contribution in [-0.4, -0.2) is 21.1 Å². The maximum absolute atomic E-state index is 5.82. The Morgan fingerprint density at radius 3 is 2.96 bits per heavy atom. The van der Waals surface area contributed by atoms with Gasteiger partial charge in [0.15, 0.2) is 5.82 Å². The van der Waals surface area contributed by atoms with E-state index in [2.05, 4.69) is 46.4 Å². The minimum Gasteiger partial charge on any atom is -0.368 e. The molecule has 0 saturated heterocycles. The van der Waals surface area contributed by atoms with E-state index in [1.807, 2.05) is 24.4 Å². The quantitative estimate of drug-likeness (QED) is 0.573. The highest BCUT2D eigenvalue weighted by atomic mass is 15.1. The lowest BCUT2D eigenvalue weighted by molar-refractivity contribution is 0.810. The van der Waals surface area contributed by atoms with Crippen molar-refractivity contribution in [3.8, 4) is 0 Å². The molecule has 0 unspecified atom stereocenters. The predicted molar refractivity (Wildman–Crippen MR) is 98.4 cm³/mol. The summed E-state index contributed by atoms with van der Waals surface area (Å²) in [4.78, 5) is 8.70. The monoisotopic (exact) mass is 311 g/mol. The van der Waals surface area contributed by atoms with E-state index in [0.29, 0.717) is 5.95 Å². The number of nitrogens with zero attached hydrogens (tertiary/aromatic N) is 3. The van der Waals surface area contributed by atoms with Crippen LogP contribution in [0.5, 0.6) is 0 Å². The van der Waals surface area contributed by atoms with Gasteiger partial charge in [-0.3, -0.25) is 0 Å². The topological polar surface area (TPSA) is 68.8 Å². The molecule has 0 aliphatic carbocycles. The largest absolute Gasteiger partial charge is 0.368 e. The van der Waals surface area contributed by atoms with Crippen molar-refractivity contribution >= 4 is 22.8 Å². The Hall–Kier alpha value is -2.56. The summed E-state index contributed by atoms with van der Waals surface area (Å²) in [5.74, 6) is 1.11. The van der Waals surface area contributed by atoms with Gasteiger partial charge in [0.05, 0.1) is 5.52 Å². The molecule has 0 fully saturated rings. The Morgan fingerprint density at radius 1 is 1.39 bits per heavy atom. The molecule has 0 aliphatic heterocycles. The van der Waals surface area contributed by atoms with E-state index in [1.165, 1.54) is 5.57 Å². The van der Waals surface area contributed by atoms with Crippen LogP contribution in [0.1, 0.15) is 26.7 Å². The first-order valence-corrected chi connectivity index (χ1v) is 7.96. The van der Waals surface area contributed by atoms with Crippen LogP contribution in [-0.2, 0) is 6.54 Å². The number of nitrogen functional groups attached to an aromatic ring is 1. The van der Waals surface area contributed by atoms with E-state index in [1.54, 1.807) is 6.08 Å². The fourth-order valence-corrected chi connectivity index (χ4v) is 2.38. The standard InChI is InChI=1S/C18H25N5/c1-4-6-8-9-14(3)13-23-12-10-15-16(23)17(20-11-7-5-2)22-18(19)21-15/h4,6,8-10,12H,1,5,7,11,13H2,2-3H3,(H3,19,20,21,22)/b8-6-,14-9+. The van der Waals surface area contributed by atoms with Gasteiger partial charge in [-0.2, -0.15) is 4.98 Å². The summed E-state index contributed by atoms with van der Waals surface area (Å²) in [6.07, 6.45) is 12.0. The van der Waals surface area contributed by atoms with Gasteiger partial charge in [-0.1, -0.05) is 49.8 Å². The molecule has 122 valence electrons. The number of anilines is 2. The SMILES string of the molecule is C=C/C=C\C=C(/C)Cn1ccc2nc(N)nc(NCCCC)c21. The van der Waals surface area contributed by atoms with Crippen molar-refractivity contribution in [2.45, 2.75) is 33.2 Å². The minimum absolute atomic E-state index is 0.301. The predicted octanol–water partition coefficient (Wildman–Crippen LogP) is 3.91. The molecular formula is C18H25N5. The molecule has 0 amide bonds. The molecule has 23 heavy (non-hydrogen) atoms. The number of aromatic nitrogens is 3. The second-order valence-electron chi connectivity index (χ2n) is 5.52. The normalized spacial score (nSPS) is 12.2. The zero-order valence-corrected chi connectivity index (χ0v) is 13.9. The van der Waals surface area contributed by atoms with Gasteiger partial charge in [0, 0.05) is 19.3 Å². The molecule has 5 heteroatoms. The highest BCUT2D eigenvalue weighted by Gasteiger charge is 2.11. The van der Waals surface area contributed by atoms with Crippen molar-refractivity contribution in [3.05, 3.63) is 48.7 Å². The molecule has 0 aromatic carbocycles. The number of rotatable bonds is 8. The van der Waals surface area contributed by atoms with E-state index in [0.717, 1.165) is 42.8 Å². The summed E-state index contributed by atoms with van der Waals surface area (Å²) in [7, 11) is 0. The van der Waals surface area contributed by atoms with Gasteiger partial charge in [-0.25, -0.2) is 4.98 Å². The van der Waals surface area contributed by atoms with Crippen LogP contribution in [0.4, 0.5) is 11.8 Å². The summed E-state index contributed by atoms with van der Waals surface area (Å²) < 4.78 is 2.15. The highest BCUT2D eigenvalue weighted by Crippen LogP contribution is 2.23. The summed E-state index contributed by atoms with van der Waals surface area (Å²) in [5.41, 5.74) is 8.92. The molecule has 0 spiro atoms. The molecule has 0 saturated carbocycles. The molecule has 0 bridgehead atoms. The molecule has 2 aromatic heterocycles. The minimum atomic E-state index is 0.301. The van der Waals surface area contributed by atoms with Crippen LogP contribution < -0.4 is 11.1 Å². The molecule has 0 radical (unpaired) electrons. The van der Waals surface area contributed by atoms with Crippen molar-refractivity contribution in [3.63, 3.8) is 0 Å². The van der Waals surface area contributed by atoms with Crippen LogP contribution in [0.3, 0.4) is 0 Å². The molecule has 3 N–H and O–H groups in total. The van der Waals surface area contributed by atoms with Crippen LogP contribution >= 0.6 is 0 Å². The van der Waals surface area contributed by atoms with E-state index in [4.69, 9.17) is 5.73 Å². The summed E-state index contributed by atoms with van der Waals surface area (Å²) in [5, 5.41) is 3.38. The van der Waals surface area contributed by atoms with E-state index < -0.39 is 0 Å². The van der Waals surface area contributed by atoms with Crippen molar-refractivity contribution in [1.82, 2.24) is 14.5 Å². The second-order valence-corrected chi connectivity index (χ2v) is 5.52. The zero-order valence-electron chi connectivity index (χ0n) is 13.9. The third-order valence-electron chi connectivity index (χ3n) is 3.50. The summed E-state index contributed by atoms with van der Waals surface area (Å²) >= 11 is 0. The Labute approximate surface area is 137 Å². The number of nitrogens with two attached hydrogens (primary N) is 1. The lowest BCUT2D eigenvalue weighted by Crippen LogP contribution is -2.09. The van der Waals surface area contributed by atoms with Crippen molar-refractivity contribution in [2.75, 3.05) is 17.6 Å². The number of fused-ring (bicyclic) bond motifs is 1. The summed E-state index contributed by atoms with van der Waals surface area (Å²) in [6, 6.07) is 1.98. The Balaban J connectivity index is 2.31. The van der Waals surface area contributed by atoms with E-state index in [9.17, 15) is 0 Å². The van der Waals surface area contributed by atoms with Crippen LogP contribution in [0, 0.1) is 0 Å². The molecule has 0 atom stereocenters. The van der Waals surface area contributed by atoms with Gasteiger partial charge in [0.2, 0.25) is 5.95 Å². The first-order chi connectivity index (χ1) is 11.2. The number of allylic oxidation sites excluding steroid dienone is 5. The third kappa shape index (κ3) is 4.45. The van der Waals surface area contributed by atoms with Crippen molar-refractivity contribution in [2.24, 2.45) is 0 Å². The van der Waals surface area contributed by atoms with Crippen LogP contribution in [0.25, 0.3) is 11.0 Å². The van der Waals surface area contributed by atoms with Crippen molar-refractivity contribution < 1.29 is 0 Å². The smallest absolute Gasteiger partial charge is 0.222 e. The first-order valence-electron chi connectivity index (χ1n) is 7.96. The van der Waals surface area contributed by atoms with Gasteiger partial charge >= 0.3 is 0 Å². The van der Waals surface area contributed by atoms with Crippen molar-refractivity contribution in [1.29, 1.82) is 0 Å². The average Bonchev–Trinajstić information content (AvgIpc) is 2.90. The maximum Gasteiger partial charge on any atom is 0.222 e. The molecule has 2 heterocycles. The molecular weight excluding hydrogens is 286 g/mol. The Bertz CT molecular complexity index is 724. The lowest BCUT2D eigenvalue weighted by atomic mass is 10.2. The number of hydrogen-bond donors (Lipinski definition) is 2. The average molecular weight is 311 g/mol. The Kier molecular flexibility index (Phi) is 5.97. The second kappa shape index (κ2) is 8.17. The fraction of sp³-hybridized carbons (Fsp3) is 0.333. The van der Waals surface area contributed by atoms with Gasteiger partial charge in [0.1, 0.15) is 5.52 Å². The Morgan fingerprint density at radius 2 is 2.22 bits per heavy atom. The number of nitrogens with one attached hydrogen (secondary N) is 1. The van der Waals surface area contributed by atoms with Gasteiger partial charge < -0.3 is 15.6 Å². The molecule has 2 rings (SSSR count). The first kappa shape index (κ1) is 16.8.